The third-order valence-electron chi connectivity index (χ3n) is 0.829. The molecule has 0 spiro atoms. The van der Waals surface area contributed by atoms with Gasteiger partial charge in [-0.05, 0) is 19.4 Å². The Hall–Kier alpha value is -0.660. The number of rotatable bonds is 3. The summed E-state index contributed by atoms with van der Waals surface area (Å²) < 4.78 is 23.5. The zero-order valence-corrected chi connectivity index (χ0v) is 5.40. The Kier molecular flexibility index (Phi) is 5.07. The Morgan fingerprint density at radius 3 is 2.67 bits per heavy atom. The van der Waals surface area contributed by atoms with E-state index in [0.717, 1.165) is 0 Å². The molecule has 0 aromatic heterocycles. The normalized spacial score (nSPS) is 13.0. The van der Waals surface area contributed by atoms with Gasteiger partial charge >= 0.3 is 0 Å². The molecule has 0 bridgehead atoms. The van der Waals surface area contributed by atoms with Crippen molar-refractivity contribution in [1.29, 1.82) is 0 Å². The lowest BCUT2D eigenvalue weighted by atomic mass is 10.3. The molecule has 0 N–H and O–H groups in total. The van der Waals surface area contributed by atoms with Crippen LogP contribution in [0, 0.1) is 0 Å². The van der Waals surface area contributed by atoms with Crippen LogP contribution in [0.3, 0.4) is 0 Å². The second kappa shape index (κ2) is 5.48. The summed E-state index contributed by atoms with van der Waals surface area (Å²) in [6.45, 7) is 1.17. The van der Waals surface area contributed by atoms with E-state index >= 15 is 0 Å². The number of hydrogen-bond donors (Lipinski definition) is 0. The highest BCUT2D eigenvalue weighted by Crippen LogP contribution is 1.97. The molecule has 0 aliphatic carbocycles. The second-order valence-electron chi connectivity index (χ2n) is 1.55. The fraction of sp³-hybridized carbons (Fsp3) is 0.429. The quantitative estimate of drug-likeness (QED) is 0.518. The van der Waals surface area contributed by atoms with E-state index in [4.69, 9.17) is 0 Å². The first-order valence-corrected chi connectivity index (χ1v) is 2.85. The van der Waals surface area contributed by atoms with E-state index in [1.54, 1.807) is 6.92 Å². The molecule has 0 unspecified atom stereocenters. The first-order valence-electron chi connectivity index (χ1n) is 2.85. The van der Waals surface area contributed by atoms with Crippen LogP contribution in [0.1, 0.15) is 13.3 Å². The van der Waals surface area contributed by atoms with Crippen molar-refractivity contribution in [3.05, 3.63) is 24.1 Å². The van der Waals surface area contributed by atoms with Gasteiger partial charge in [-0.25, -0.2) is 4.39 Å². The summed E-state index contributed by atoms with van der Waals surface area (Å²) in [5, 5.41) is 0. The van der Waals surface area contributed by atoms with Gasteiger partial charge in [0.05, 0.1) is 6.67 Å². The minimum absolute atomic E-state index is 0.293. The van der Waals surface area contributed by atoms with Crippen LogP contribution in [0.2, 0.25) is 0 Å². The van der Waals surface area contributed by atoms with Gasteiger partial charge in [0.25, 0.3) is 0 Å². The minimum Gasteiger partial charge on any atom is -0.251 e. The van der Waals surface area contributed by atoms with Crippen molar-refractivity contribution in [3.8, 4) is 0 Å². The smallest absolute Gasteiger partial charge is 0.118 e. The number of alkyl halides is 1. The van der Waals surface area contributed by atoms with E-state index < -0.39 is 6.67 Å². The molecule has 0 aromatic rings. The lowest BCUT2D eigenvalue weighted by molar-refractivity contribution is 0.500. The van der Waals surface area contributed by atoms with Crippen LogP contribution in [0.4, 0.5) is 8.78 Å². The van der Waals surface area contributed by atoms with Crippen LogP contribution >= 0.6 is 0 Å². The second-order valence-corrected chi connectivity index (χ2v) is 1.55. The van der Waals surface area contributed by atoms with Crippen molar-refractivity contribution in [3.63, 3.8) is 0 Å². The molecule has 0 aliphatic rings. The maximum Gasteiger partial charge on any atom is 0.118 e. The van der Waals surface area contributed by atoms with Crippen LogP contribution in [0.5, 0.6) is 0 Å². The summed E-state index contributed by atoms with van der Waals surface area (Å²) in [6, 6.07) is 0. The molecule has 0 amide bonds. The number of allylic oxidation sites excluding steroid dienone is 4. The molecule has 0 nitrogen and oxygen atoms in total. The Bertz CT molecular complexity index is 114. The zero-order chi connectivity index (χ0) is 7.11. The van der Waals surface area contributed by atoms with Crippen molar-refractivity contribution in [2.45, 2.75) is 13.3 Å². The summed E-state index contributed by atoms with van der Waals surface area (Å²) in [5.74, 6) is -0.316. The molecule has 0 aromatic carbocycles. The van der Waals surface area contributed by atoms with E-state index in [1.165, 1.54) is 18.2 Å². The van der Waals surface area contributed by atoms with Gasteiger partial charge in [-0.2, -0.15) is 0 Å². The summed E-state index contributed by atoms with van der Waals surface area (Å²) >= 11 is 0. The van der Waals surface area contributed by atoms with E-state index in [0.29, 0.717) is 6.42 Å². The molecule has 0 fully saturated rings. The van der Waals surface area contributed by atoms with Gasteiger partial charge in [0, 0.05) is 0 Å². The molecule has 2 heteroatoms. The monoisotopic (exact) mass is 132 g/mol. The first kappa shape index (κ1) is 8.34. The molecule has 0 radical (unpaired) electrons. The highest BCUT2D eigenvalue weighted by atomic mass is 19.1. The molecular formula is C7H10F2. The topological polar surface area (TPSA) is 0 Å². The largest absolute Gasteiger partial charge is 0.251 e. The SMILES string of the molecule is C/C=C(F)\C=C/CCF. The molecule has 0 atom stereocenters. The van der Waals surface area contributed by atoms with Crippen molar-refractivity contribution in [2.75, 3.05) is 6.67 Å². The fourth-order valence-corrected chi connectivity index (χ4v) is 0.355. The lowest BCUT2D eigenvalue weighted by Gasteiger charge is -1.81. The molecule has 9 heavy (non-hydrogen) atoms. The third-order valence-corrected chi connectivity index (χ3v) is 0.829. The maximum atomic E-state index is 12.1. The van der Waals surface area contributed by atoms with Crippen LogP contribution in [-0.2, 0) is 0 Å². The van der Waals surface area contributed by atoms with Crippen LogP contribution < -0.4 is 0 Å². The lowest BCUT2D eigenvalue weighted by Crippen LogP contribution is -1.68. The highest BCUT2D eigenvalue weighted by Gasteiger charge is 1.80. The molecule has 0 aliphatic heterocycles. The number of halogens is 2. The van der Waals surface area contributed by atoms with Crippen LogP contribution in [0.15, 0.2) is 24.1 Å². The molecule has 0 saturated carbocycles. The van der Waals surface area contributed by atoms with Crippen LogP contribution in [-0.4, -0.2) is 6.67 Å². The average molecular weight is 132 g/mol. The van der Waals surface area contributed by atoms with Gasteiger partial charge in [0.1, 0.15) is 5.83 Å². The standard InChI is InChI=1S/C7H10F2/c1-2-7(9)5-3-4-6-8/h2-3,5H,4,6H2,1H3/b5-3-,7-2+. The highest BCUT2D eigenvalue weighted by molar-refractivity contribution is 5.09. The summed E-state index contributed by atoms with van der Waals surface area (Å²) in [4.78, 5) is 0. The van der Waals surface area contributed by atoms with Gasteiger partial charge < -0.3 is 0 Å². The number of hydrogen-bond acceptors (Lipinski definition) is 0. The Morgan fingerprint density at radius 2 is 2.22 bits per heavy atom. The van der Waals surface area contributed by atoms with Crippen molar-refractivity contribution < 1.29 is 8.78 Å². The van der Waals surface area contributed by atoms with Gasteiger partial charge in [0.2, 0.25) is 0 Å². The van der Waals surface area contributed by atoms with Crippen molar-refractivity contribution in [1.82, 2.24) is 0 Å². The predicted octanol–water partition coefficient (Wildman–Crippen LogP) is 2.78. The van der Waals surface area contributed by atoms with E-state index in [2.05, 4.69) is 0 Å². The fourth-order valence-electron chi connectivity index (χ4n) is 0.355. The maximum absolute atomic E-state index is 12.1. The predicted molar refractivity (Wildman–Crippen MR) is 34.6 cm³/mol. The molecule has 0 saturated heterocycles. The Labute approximate surface area is 53.9 Å². The summed E-state index contributed by atoms with van der Waals surface area (Å²) in [6.07, 6.45) is 4.35. The zero-order valence-electron chi connectivity index (χ0n) is 5.40. The molecule has 0 heterocycles. The van der Waals surface area contributed by atoms with E-state index in [1.807, 2.05) is 0 Å². The first-order chi connectivity index (χ1) is 4.31. The average Bonchev–Trinajstić information content (AvgIpc) is 1.89. The molecule has 0 rings (SSSR count). The van der Waals surface area contributed by atoms with Gasteiger partial charge in [-0.3, -0.25) is 4.39 Å². The Morgan fingerprint density at radius 1 is 1.56 bits per heavy atom. The van der Waals surface area contributed by atoms with E-state index in [9.17, 15) is 8.78 Å². The summed E-state index contributed by atoms with van der Waals surface area (Å²) in [7, 11) is 0. The minimum atomic E-state index is -0.423. The van der Waals surface area contributed by atoms with Gasteiger partial charge in [-0.1, -0.05) is 12.2 Å². The summed E-state index contributed by atoms with van der Waals surface area (Å²) in [5.41, 5.74) is 0. The molecule has 52 valence electrons. The van der Waals surface area contributed by atoms with Gasteiger partial charge in [0.15, 0.2) is 0 Å². The van der Waals surface area contributed by atoms with Gasteiger partial charge in [-0.15, -0.1) is 0 Å². The van der Waals surface area contributed by atoms with Crippen molar-refractivity contribution >= 4 is 0 Å². The van der Waals surface area contributed by atoms with Crippen LogP contribution in [0.25, 0.3) is 0 Å². The van der Waals surface area contributed by atoms with Crippen molar-refractivity contribution in [2.24, 2.45) is 0 Å². The van der Waals surface area contributed by atoms with E-state index in [-0.39, 0.29) is 5.83 Å². The third kappa shape index (κ3) is 5.21. The Balaban J connectivity index is 3.45. The molecular weight excluding hydrogens is 122 g/mol.